The molecule has 0 aliphatic rings. The second-order valence-corrected chi connectivity index (χ2v) is 9.12. The maximum absolute atomic E-state index is 12.4. The van der Waals surface area contributed by atoms with Crippen molar-refractivity contribution in [2.24, 2.45) is 12.0 Å². The van der Waals surface area contributed by atoms with Crippen molar-refractivity contribution in [3.05, 3.63) is 47.3 Å². The van der Waals surface area contributed by atoms with Gasteiger partial charge in [-0.2, -0.15) is 4.99 Å². The minimum Gasteiger partial charge on any atom is -0.497 e. The van der Waals surface area contributed by atoms with E-state index in [2.05, 4.69) is 4.99 Å². The SMILES string of the molecule is COc1ccc(S(=O)(=O)CCC(=O)N=c2sc3cccc(OC)c3n2C)cc1. The molecule has 0 N–H and O–H groups in total. The summed E-state index contributed by atoms with van der Waals surface area (Å²) in [7, 11) is 1.30. The molecule has 0 bridgehead atoms. The van der Waals surface area contributed by atoms with Crippen molar-refractivity contribution in [1.29, 1.82) is 0 Å². The molecule has 0 spiro atoms. The normalized spacial score (nSPS) is 12.3. The van der Waals surface area contributed by atoms with Crippen LogP contribution >= 0.6 is 11.3 Å². The van der Waals surface area contributed by atoms with Crippen molar-refractivity contribution < 1.29 is 22.7 Å². The fraction of sp³-hybridized carbons (Fsp3) is 0.263. The van der Waals surface area contributed by atoms with E-state index in [4.69, 9.17) is 9.47 Å². The average molecular weight is 421 g/mol. The first-order valence-corrected chi connectivity index (χ1v) is 10.9. The molecule has 0 aliphatic heterocycles. The monoisotopic (exact) mass is 420 g/mol. The summed E-state index contributed by atoms with van der Waals surface area (Å²) in [4.78, 5) is 17.0. The minimum absolute atomic E-state index is 0.151. The average Bonchev–Trinajstić information content (AvgIpc) is 3.02. The van der Waals surface area contributed by atoms with Crippen molar-refractivity contribution in [3.63, 3.8) is 0 Å². The van der Waals surface area contributed by atoms with Crippen LogP contribution in [0, 0.1) is 0 Å². The molecule has 2 aromatic carbocycles. The number of aromatic nitrogens is 1. The molecular formula is C19H20N2O5S2. The van der Waals surface area contributed by atoms with E-state index >= 15 is 0 Å². The number of benzene rings is 2. The predicted octanol–water partition coefficient (Wildman–Crippen LogP) is 2.55. The third-order valence-corrected chi connectivity index (χ3v) is 7.06. The zero-order valence-corrected chi connectivity index (χ0v) is 17.3. The Morgan fingerprint density at radius 1 is 1.11 bits per heavy atom. The number of fused-ring (bicyclic) bond motifs is 1. The van der Waals surface area contributed by atoms with E-state index in [1.165, 1.54) is 30.6 Å². The van der Waals surface area contributed by atoms with Crippen LogP contribution in [0.2, 0.25) is 0 Å². The van der Waals surface area contributed by atoms with Crippen LogP contribution in [0.25, 0.3) is 10.2 Å². The highest BCUT2D eigenvalue weighted by Gasteiger charge is 2.17. The summed E-state index contributed by atoms with van der Waals surface area (Å²) in [5, 5.41) is 0. The quantitative estimate of drug-likeness (QED) is 0.612. The molecular weight excluding hydrogens is 400 g/mol. The van der Waals surface area contributed by atoms with E-state index in [0.29, 0.717) is 16.3 Å². The predicted molar refractivity (Wildman–Crippen MR) is 108 cm³/mol. The summed E-state index contributed by atoms with van der Waals surface area (Å²) in [5.41, 5.74) is 0.840. The molecule has 0 aliphatic carbocycles. The molecule has 0 unspecified atom stereocenters. The minimum atomic E-state index is -3.58. The third kappa shape index (κ3) is 4.10. The van der Waals surface area contributed by atoms with Crippen LogP contribution in [0.3, 0.4) is 0 Å². The smallest absolute Gasteiger partial charge is 0.249 e. The van der Waals surface area contributed by atoms with Gasteiger partial charge < -0.3 is 14.0 Å². The number of thiazole rings is 1. The molecule has 0 radical (unpaired) electrons. The molecule has 3 rings (SSSR count). The van der Waals surface area contributed by atoms with Gasteiger partial charge in [0.1, 0.15) is 17.0 Å². The number of methoxy groups -OCH3 is 2. The van der Waals surface area contributed by atoms with Crippen molar-refractivity contribution in [2.45, 2.75) is 11.3 Å². The Morgan fingerprint density at radius 3 is 2.46 bits per heavy atom. The molecule has 0 atom stereocenters. The summed E-state index contributed by atoms with van der Waals surface area (Å²) in [5.74, 6) is 0.461. The Labute approximate surface area is 166 Å². The highest BCUT2D eigenvalue weighted by atomic mass is 32.2. The first-order valence-electron chi connectivity index (χ1n) is 8.42. The number of carbonyl (C=O) groups excluding carboxylic acids is 1. The molecule has 1 aromatic heterocycles. The van der Waals surface area contributed by atoms with Crippen molar-refractivity contribution in [1.82, 2.24) is 4.57 Å². The van der Waals surface area contributed by atoms with Gasteiger partial charge in [0.05, 0.1) is 29.6 Å². The van der Waals surface area contributed by atoms with Crippen molar-refractivity contribution in [3.8, 4) is 11.5 Å². The van der Waals surface area contributed by atoms with Gasteiger partial charge in [-0.1, -0.05) is 17.4 Å². The van der Waals surface area contributed by atoms with Crippen molar-refractivity contribution in [2.75, 3.05) is 20.0 Å². The standard InChI is InChI=1S/C19H20N2O5S2/c1-21-18-15(26-3)5-4-6-16(18)27-19(21)20-17(22)11-12-28(23,24)14-9-7-13(25-2)8-10-14/h4-10H,11-12H2,1-3H3. The van der Waals surface area contributed by atoms with Gasteiger partial charge in [-0.15, -0.1) is 0 Å². The molecule has 1 heterocycles. The largest absolute Gasteiger partial charge is 0.497 e. The topological polar surface area (TPSA) is 87.0 Å². The highest BCUT2D eigenvalue weighted by molar-refractivity contribution is 7.91. The molecule has 1 amide bonds. The van der Waals surface area contributed by atoms with Crippen LogP contribution in [-0.2, 0) is 21.7 Å². The second-order valence-electron chi connectivity index (χ2n) is 6.00. The number of carbonyl (C=O) groups is 1. The molecule has 0 fully saturated rings. The Bertz CT molecular complexity index is 1180. The molecule has 7 nitrogen and oxygen atoms in total. The van der Waals surface area contributed by atoms with Gasteiger partial charge in [-0.25, -0.2) is 8.42 Å². The Hall–Kier alpha value is -2.65. The zero-order chi connectivity index (χ0) is 20.3. The number of sulfone groups is 1. The number of ether oxygens (including phenoxy) is 2. The summed E-state index contributed by atoms with van der Waals surface area (Å²) in [6.07, 6.45) is -0.195. The van der Waals surface area contributed by atoms with E-state index in [1.54, 1.807) is 30.9 Å². The number of hydrogen-bond acceptors (Lipinski definition) is 6. The lowest BCUT2D eigenvalue weighted by Crippen LogP contribution is -2.16. The van der Waals surface area contributed by atoms with Crippen LogP contribution in [0.15, 0.2) is 52.4 Å². The number of aryl methyl sites for hydroxylation is 1. The first kappa shape index (κ1) is 20.1. The van der Waals surface area contributed by atoms with Gasteiger partial charge in [0.25, 0.3) is 0 Å². The van der Waals surface area contributed by atoms with Gasteiger partial charge in [0, 0.05) is 13.5 Å². The second kappa shape index (κ2) is 8.15. The Morgan fingerprint density at radius 2 is 1.82 bits per heavy atom. The van der Waals surface area contributed by atoms with Gasteiger partial charge in [-0.3, -0.25) is 4.79 Å². The van der Waals surface area contributed by atoms with Gasteiger partial charge in [-0.05, 0) is 36.4 Å². The summed E-state index contributed by atoms with van der Waals surface area (Å²) in [6.45, 7) is 0. The van der Waals surface area contributed by atoms with Gasteiger partial charge >= 0.3 is 0 Å². The molecule has 0 saturated carbocycles. The number of hydrogen-bond donors (Lipinski definition) is 0. The van der Waals surface area contributed by atoms with Crippen LogP contribution in [-0.4, -0.2) is 38.9 Å². The number of rotatable bonds is 6. The van der Waals surface area contributed by atoms with E-state index in [-0.39, 0.29) is 17.1 Å². The molecule has 148 valence electrons. The molecule has 3 aromatic rings. The Balaban J connectivity index is 1.80. The first-order chi connectivity index (χ1) is 13.4. The fourth-order valence-corrected chi connectivity index (χ4v) is 5.01. The number of nitrogens with zero attached hydrogens (tertiary/aromatic N) is 2. The lowest BCUT2D eigenvalue weighted by molar-refractivity contribution is -0.117. The molecule has 0 saturated heterocycles. The van der Waals surface area contributed by atoms with Crippen LogP contribution in [0.5, 0.6) is 11.5 Å². The van der Waals surface area contributed by atoms with E-state index in [0.717, 1.165) is 10.2 Å². The number of para-hydroxylation sites is 1. The summed E-state index contributed by atoms with van der Waals surface area (Å²) in [6, 6.07) is 11.7. The van der Waals surface area contributed by atoms with E-state index in [1.807, 2.05) is 18.2 Å². The van der Waals surface area contributed by atoms with Crippen LogP contribution in [0.4, 0.5) is 0 Å². The highest BCUT2D eigenvalue weighted by Crippen LogP contribution is 2.26. The lowest BCUT2D eigenvalue weighted by atomic mass is 10.3. The van der Waals surface area contributed by atoms with E-state index < -0.39 is 15.7 Å². The van der Waals surface area contributed by atoms with Crippen LogP contribution in [0.1, 0.15) is 6.42 Å². The third-order valence-electron chi connectivity index (χ3n) is 4.23. The van der Waals surface area contributed by atoms with Crippen molar-refractivity contribution >= 4 is 37.3 Å². The Kier molecular flexibility index (Phi) is 5.85. The lowest BCUT2D eigenvalue weighted by Gasteiger charge is -2.04. The van der Waals surface area contributed by atoms with Crippen LogP contribution < -0.4 is 14.3 Å². The molecule has 28 heavy (non-hydrogen) atoms. The maximum Gasteiger partial charge on any atom is 0.249 e. The fourth-order valence-electron chi connectivity index (χ4n) is 2.73. The number of amides is 1. The van der Waals surface area contributed by atoms with Gasteiger partial charge in [0.15, 0.2) is 14.6 Å². The molecule has 9 heteroatoms. The summed E-state index contributed by atoms with van der Waals surface area (Å²) >= 11 is 1.35. The zero-order valence-electron chi connectivity index (χ0n) is 15.7. The summed E-state index contributed by atoms with van der Waals surface area (Å²) < 4.78 is 37.9. The van der Waals surface area contributed by atoms with E-state index in [9.17, 15) is 13.2 Å². The van der Waals surface area contributed by atoms with Gasteiger partial charge in [0.2, 0.25) is 5.91 Å². The maximum atomic E-state index is 12.4.